The lowest BCUT2D eigenvalue weighted by Gasteiger charge is -2.10. The summed E-state index contributed by atoms with van der Waals surface area (Å²) in [5.74, 6) is -0.0781. The second-order valence-electron chi connectivity index (χ2n) is 5.56. The molecule has 2 rings (SSSR count). The molecule has 0 heterocycles. The number of hydrogen-bond acceptors (Lipinski definition) is 7. The first kappa shape index (κ1) is 20.8. The van der Waals surface area contributed by atoms with Crippen LogP contribution in [0.25, 0.3) is 0 Å². The average Bonchev–Trinajstić information content (AvgIpc) is 2.75. The molecule has 1 amide bonds. The molecule has 8 nitrogen and oxygen atoms in total. The van der Waals surface area contributed by atoms with E-state index in [-0.39, 0.29) is 6.54 Å². The van der Waals surface area contributed by atoms with E-state index in [1.165, 1.54) is 27.4 Å². The molecule has 0 aromatic heterocycles. The fourth-order valence-electron chi connectivity index (χ4n) is 2.29. The highest BCUT2D eigenvalue weighted by Crippen LogP contribution is 2.27. The molecule has 0 spiro atoms. The average molecular weight is 387 g/mol. The molecule has 0 bridgehead atoms. The maximum absolute atomic E-state index is 12.2. The van der Waals surface area contributed by atoms with E-state index >= 15 is 0 Å². The Bertz CT molecular complexity index is 846. The standard InChI is InChI=1S/C20H21NO7/c1-25-15-7-4-13(5-8-15)20(24)21-11-19(23)28-12-16(22)14-6-9-17(26-2)18(10-14)27-3/h4-10H,11-12H2,1-3H3,(H,21,24). The van der Waals surface area contributed by atoms with Gasteiger partial charge in [0.15, 0.2) is 23.9 Å². The van der Waals surface area contributed by atoms with E-state index in [0.29, 0.717) is 28.4 Å². The lowest BCUT2D eigenvalue weighted by atomic mass is 10.1. The van der Waals surface area contributed by atoms with E-state index in [9.17, 15) is 14.4 Å². The van der Waals surface area contributed by atoms with Crippen LogP contribution in [0.5, 0.6) is 17.2 Å². The first-order valence-corrected chi connectivity index (χ1v) is 8.31. The topological polar surface area (TPSA) is 100 Å². The van der Waals surface area contributed by atoms with E-state index in [1.54, 1.807) is 36.4 Å². The number of carbonyl (C=O) groups excluding carboxylic acids is 3. The van der Waals surface area contributed by atoms with Gasteiger partial charge in [-0.1, -0.05) is 0 Å². The van der Waals surface area contributed by atoms with Crippen molar-refractivity contribution in [3.63, 3.8) is 0 Å². The van der Waals surface area contributed by atoms with Gasteiger partial charge in [-0.3, -0.25) is 14.4 Å². The Labute approximate surface area is 162 Å². The molecule has 8 heteroatoms. The van der Waals surface area contributed by atoms with Crippen molar-refractivity contribution in [3.05, 3.63) is 53.6 Å². The van der Waals surface area contributed by atoms with Crippen LogP contribution in [-0.4, -0.2) is 52.1 Å². The van der Waals surface area contributed by atoms with Gasteiger partial charge in [0, 0.05) is 11.1 Å². The van der Waals surface area contributed by atoms with Crippen LogP contribution < -0.4 is 19.5 Å². The summed E-state index contributed by atoms with van der Waals surface area (Å²) in [5.41, 5.74) is 0.683. The Morgan fingerprint density at radius 3 is 2.07 bits per heavy atom. The third-order valence-corrected chi connectivity index (χ3v) is 3.82. The van der Waals surface area contributed by atoms with E-state index in [4.69, 9.17) is 18.9 Å². The number of Topliss-reactive ketones (excluding diaryl/α,β-unsaturated/α-hetero) is 1. The third-order valence-electron chi connectivity index (χ3n) is 3.82. The molecule has 2 aromatic rings. The predicted molar refractivity (Wildman–Crippen MR) is 100 cm³/mol. The molecule has 0 aliphatic heterocycles. The zero-order valence-corrected chi connectivity index (χ0v) is 15.8. The highest BCUT2D eigenvalue weighted by Gasteiger charge is 2.14. The lowest BCUT2D eigenvalue weighted by molar-refractivity contribution is -0.141. The predicted octanol–water partition coefficient (Wildman–Crippen LogP) is 1.87. The van der Waals surface area contributed by atoms with Gasteiger partial charge in [-0.2, -0.15) is 0 Å². The molecule has 0 aliphatic rings. The summed E-state index contributed by atoms with van der Waals surface area (Å²) in [6.45, 7) is -0.809. The molecule has 0 saturated heterocycles. The van der Waals surface area contributed by atoms with Crippen molar-refractivity contribution in [2.75, 3.05) is 34.5 Å². The van der Waals surface area contributed by atoms with Gasteiger partial charge in [0.05, 0.1) is 21.3 Å². The van der Waals surface area contributed by atoms with Gasteiger partial charge in [0.2, 0.25) is 0 Å². The van der Waals surface area contributed by atoms with Crippen LogP contribution in [0.4, 0.5) is 0 Å². The Morgan fingerprint density at radius 1 is 0.821 bits per heavy atom. The number of esters is 1. The van der Waals surface area contributed by atoms with Crippen molar-refractivity contribution in [1.82, 2.24) is 5.32 Å². The fourth-order valence-corrected chi connectivity index (χ4v) is 2.29. The van der Waals surface area contributed by atoms with Crippen LogP contribution in [0, 0.1) is 0 Å². The van der Waals surface area contributed by atoms with Crippen molar-refractivity contribution in [3.8, 4) is 17.2 Å². The second kappa shape index (κ2) is 9.96. The third kappa shape index (κ3) is 5.47. The van der Waals surface area contributed by atoms with Crippen molar-refractivity contribution in [2.24, 2.45) is 0 Å². The summed E-state index contributed by atoms with van der Waals surface area (Å²) in [6.07, 6.45) is 0. The zero-order chi connectivity index (χ0) is 20.5. The minimum atomic E-state index is -0.726. The summed E-state index contributed by atoms with van der Waals surface area (Å²) >= 11 is 0. The molecule has 2 aromatic carbocycles. The zero-order valence-electron chi connectivity index (χ0n) is 15.8. The molecule has 0 saturated carbocycles. The van der Waals surface area contributed by atoms with Crippen LogP contribution in [0.1, 0.15) is 20.7 Å². The number of rotatable bonds is 9. The van der Waals surface area contributed by atoms with Crippen LogP contribution in [0.15, 0.2) is 42.5 Å². The quantitative estimate of drug-likeness (QED) is 0.518. The first-order valence-electron chi connectivity index (χ1n) is 8.31. The number of ketones is 1. The van der Waals surface area contributed by atoms with Crippen molar-refractivity contribution in [2.45, 2.75) is 0 Å². The minimum Gasteiger partial charge on any atom is -0.497 e. The van der Waals surface area contributed by atoms with Crippen molar-refractivity contribution in [1.29, 1.82) is 0 Å². The van der Waals surface area contributed by atoms with Crippen molar-refractivity contribution < 1.29 is 33.3 Å². The number of amides is 1. The van der Waals surface area contributed by atoms with Gasteiger partial charge in [0.1, 0.15) is 12.3 Å². The summed E-state index contributed by atoms with van der Waals surface area (Å²) in [5, 5.41) is 2.43. The van der Waals surface area contributed by atoms with E-state index in [1.807, 2.05) is 0 Å². The summed E-state index contributed by atoms with van der Waals surface area (Å²) in [7, 11) is 4.47. The molecule has 148 valence electrons. The number of nitrogens with one attached hydrogen (secondary N) is 1. The van der Waals surface area contributed by atoms with Crippen molar-refractivity contribution >= 4 is 17.7 Å². The van der Waals surface area contributed by atoms with Gasteiger partial charge in [-0.05, 0) is 42.5 Å². The van der Waals surface area contributed by atoms with E-state index < -0.39 is 24.3 Å². The van der Waals surface area contributed by atoms with Gasteiger partial charge >= 0.3 is 5.97 Å². The Kier molecular flexibility index (Phi) is 7.38. The fraction of sp³-hybridized carbons (Fsp3) is 0.250. The first-order chi connectivity index (χ1) is 13.5. The number of methoxy groups -OCH3 is 3. The summed E-state index contributed by atoms with van der Waals surface area (Å²) in [4.78, 5) is 35.9. The highest BCUT2D eigenvalue weighted by atomic mass is 16.5. The normalized spacial score (nSPS) is 9.96. The lowest BCUT2D eigenvalue weighted by Crippen LogP contribution is -2.31. The molecule has 0 unspecified atom stereocenters. The molecule has 0 atom stereocenters. The molecular formula is C20H21NO7. The number of carbonyl (C=O) groups is 3. The Hall–Kier alpha value is -3.55. The van der Waals surface area contributed by atoms with Gasteiger partial charge < -0.3 is 24.3 Å². The molecular weight excluding hydrogens is 366 g/mol. The summed E-state index contributed by atoms with van der Waals surface area (Å²) < 4.78 is 20.2. The number of ether oxygens (including phenoxy) is 4. The molecule has 1 N–H and O–H groups in total. The summed E-state index contributed by atoms with van der Waals surface area (Å²) in [6, 6.07) is 11.0. The van der Waals surface area contributed by atoms with Crippen LogP contribution >= 0.6 is 0 Å². The SMILES string of the molecule is COc1ccc(C(=O)NCC(=O)OCC(=O)c2ccc(OC)c(OC)c2)cc1. The van der Waals surface area contributed by atoms with Crippen LogP contribution in [-0.2, 0) is 9.53 Å². The second-order valence-corrected chi connectivity index (χ2v) is 5.56. The van der Waals surface area contributed by atoms with Gasteiger partial charge in [0.25, 0.3) is 5.91 Å². The smallest absolute Gasteiger partial charge is 0.325 e. The Morgan fingerprint density at radius 2 is 1.46 bits per heavy atom. The molecule has 0 fully saturated rings. The molecule has 28 heavy (non-hydrogen) atoms. The minimum absolute atomic E-state index is 0.313. The largest absolute Gasteiger partial charge is 0.497 e. The Balaban J connectivity index is 1.83. The molecule has 0 aliphatic carbocycles. The number of benzene rings is 2. The van der Waals surface area contributed by atoms with Crippen LogP contribution in [0.3, 0.4) is 0 Å². The van der Waals surface area contributed by atoms with E-state index in [0.717, 1.165) is 0 Å². The van der Waals surface area contributed by atoms with E-state index in [2.05, 4.69) is 5.32 Å². The number of hydrogen-bond donors (Lipinski definition) is 1. The van der Waals surface area contributed by atoms with Gasteiger partial charge in [-0.15, -0.1) is 0 Å². The van der Waals surface area contributed by atoms with Gasteiger partial charge in [-0.25, -0.2) is 0 Å². The van der Waals surface area contributed by atoms with Crippen LogP contribution in [0.2, 0.25) is 0 Å². The maximum atomic E-state index is 12.2. The monoisotopic (exact) mass is 387 g/mol. The highest BCUT2D eigenvalue weighted by molar-refractivity contribution is 5.99. The maximum Gasteiger partial charge on any atom is 0.325 e. The molecule has 0 radical (unpaired) electrons.